The molecule has 8 heteroatoms. The number of pyridine rings is 1. The monoisotopic (exact) mass is 417 g/mol. The number of carbonyl (C=O) groups excluding carboxylic acids is 1. The number of carbonyl (C=O) groups is 1. The number of aromatic nitrogens is 6. The van der Waals surface area contributed by atoms with Crippen LogP contribution in [0.5, 0.6) is 0 Å². The second-order valence-electron chi connectivity index (χ2n) is 7.93. The number of aryl methyl sites for hydroxylation is 4. The van der Waals surface area contributed by atoms with Crippen molar-refractivity contribution in [2.75, 3.05) is 0 Å². The van der Waals surface area contributed by atoms with Crippen LogP contribution in [0.15, 0.2) is 36.9 Å². The molecule has 3 heterocycles. The van der Waals surface area contributed by atoms with Crippen LogP contribution in [-0.4, -0.2) is 35.4 Å². The van der Waals surface area contributed by atoms with E-state index >= 15 is 0 Å². The van der Waals surface area contributed by atoms with Gasteiger partial charge in [-0.1, -0.05) is 12.1 Å². The lowest BCUT2D eigenvalue weighted by molar-refractivity contribution is -0.121. The molecule has 0 aliphatic rings. The highest BCUT2D eigenvalue weighted by Crippen LogP contribution is 2.26. The molecule has 31 heavy (non-hydrogen) atoms. The molecule has 3 aromatic heterocycles. The van der Waals surface area contributed by atoms with Gasteiger partial charge in [-0.2, -0.15) is 10.2 Å². The quantitative estimate of drug-likeness (QED) is 0.520. The van der Waals surface area contributed by atoms with Gasteiger partial charge in [0.15, 0.2) is 5.65 Å². The van der Waals surface area contributed by atoms with Crippen LogP contribution in [0.3, 0.4) is 0 Å². The average Bonchev–Trinajstić information content (AvgIpc) is 3.36. The Labute approximate surface area is 181 Å². The third-order valence-corrected chi connectivity index (χ3v) is 5.79. The molecule has 1 amide bonds. The highest BCUT2D eigenvalue weighted by atomic mass is 16.1. The first-order valence-corrected chi connectivity index (χ1v) is 10.4. The molecule has 0 aliphatic heterocycles. The van der Waals surface area contributed by atoms with Crippen molar-refractivity contribution in [1.29, 1.82) is 0 Å². The Kier molecular flexibility index (Phi) is 5.54. The van der Waals surface area contributed by atoms with Gasteiger partial charge in [0.2, 0.25) is 5.91 Å². The van der Waals surface area contributed by atoms with Crippen LogP contribution in [0.25, 0.3) is 16.7 Å². The smallest absolute Gasteiger partial charge is 0.220 e. The lowest BCUT2D eigenvalue weighted by atomic mass is 9.99. The van der Waals surface area contributed by atoms with E-state index in [4.69, 9.17) is 4.98 Å². The van der Waals surface area contributed by atoms with E-state index in [1.807, 2.05) is 56.8 Å². The van der Waals surface area contributed by atoms with Gasteiger partial charge in [-0.25, -0.2) is 14.6 Å². The molecule has 0 saturated heterocycles. The molecular formula is C23H27N7O. The van der Waals surface area contributed by atoms with E-state index in [0.717, 1.165) is 44.8 Å². The van der Waals surface area contributed by atoms with Gasteiger partial charge in [-0.05, 0) is 62.9 Å². The van der Waals surface area contributed by atoms with E-state index in [0.29, 0.717) is 12.8 Å². The Hall–Kier alpha value is -3.55. The Balaban J connectivity index is 1.42. The van der Waals surface area contributed by atoms with Crippen molar-refractivity contribution in [3.63, 3.8) is 0 Å². The number of benzene rings is 1. The highest BCUT2D eigenvalue weighted by Gasteiger charge is 2.17. The zero-order valence-corrected chi connectivity index (χ0v) is 18.5. The van der Waals surface area contributed by atoms with Crippen molar-refractivity contribution in [3.8, 4) is 5.69 Å². The lowest BCUT2D eigenvalue weighted by Gasteiger charge is -2.16. The maximum absolute atomic E-state index is 12.6. The predicted octanol–water partition coefficient (Wildman–Crippen LogP) is 3.28. The maximum Gasteiger partial charge on any atom is 0.220 e. The number of rotatable bonds is 6. The summed E-state index contributed by atoms with van der Waals surface area (Å²) in [6, 6.07) is 7.85. The van der Waals surface area contributed by atoms with Crippen molar-refractivity contribution in [1.82, 2.24) is 34.8 Å². The van der Waals surface area contributed by atoms with Crippen LogP contribution in [-0.2, 0) is 18.3 Å². The van der Waals surface area contributed by atoms with Crippen LogP contribution in [0.1, 0.15) is 47.5 Å². The van der Waals surface area contributed by atoms with Gasteiger partial charge in [-0.3, -0.25) is 9.48 Å². The van der Waals surface area contributed by atoms with Crippen LogP contribution < -0.4 is 5.32 Å². The number of amides is 1. The molecule has 0 fully saturated rings. The van der Waals surface area contributed by atoms with Gasteiger partial charge < -0.3 is 5.32 Å². The fraction of sp³-hybridized carbons (Fsp3) is 0.348. The summed E-state index contributed by atoms with van der Waals surface area (Å²) in [4.78, 5) is 21.3. The molecule has 4 aromatic rings. The summed E-state index contributed by atoms with van der Waals surface area (Å²) in [5, 5.41) is 12.8. The molecule has 0 saturated carbocycles. The number of fused-ring (bicyclic) bond motifs is 1. The third kappa shape index (κ3) is 4.05. The maximum atomic E-state index is 12.6. The van der Waals surface area contributed by atoms with Crippen LogP contribution in [0.2, 0.25) is 0 Å². The molecule has 1 unspecified atom stereocenters. The van der Waals surface area contributed by atoms with E-state index in [1.54, 1.807) is 11.0 Å². The zero-order chi connectivity index (χ0) is 22.1. The normalized spacial score (nSPS) is 12.3. The van der Waals surface area contributed by atoms with Crippen LogP contribution >= 0.6 is 0 Å². The number of hydrogen-bond donors (Lipinski definition) is 1. The van der Waals surface area contributed by atoms with Crippen molar-refractivity contribution in [3.05, 3.63) is 65.0 Å². The van der Waals surface area contributed by atoms with Gasteiger partial charge in [-0.15, -0.1) is 0 Å². The summed E-state index contributed by atoms with van der Waals surface area (Å²) in [5.41, 5.74) is 7.08. The van der Waals surface area contributed by atoms with E-state index < -0.39 is 0 Å². The zero-order valence-electron chi connectivity index (χ0n) is 18.5. The molecule has 0 aliphatic carbocycles. The van der Waals surface area contributed by atoms with Gasteiger partial charge >= 0.3 is 0 Å². The molecule has 1 N–H and O–H groups in total. The molecule has 0 bridgehead atoms. The minimum absolute atomic E-state index is 0.0228. The second-order valence-corrected chi connectivity index (χ2v) is 7.93. The third-order valence-electron chi connectivity index (χ3n) is 5.79. The van der Waals surface area contributed by atoms with E-state index in [9.17, 15) is 4.79 Å². The SMILES string of the molecule is Cc1nc2c(c(C)nn2C)c(C)c1CCC(=O)NC(C)c1ccc(-n2cncn2)cc1. The molecule has 8 nitrogen and oxygen atoms in total. The fourth-order valence-corrected chi connectivity index (χ4v) is 4.12. The molecule has 1 atom stereocenters. The van der Waals surface area contributed by atoms with Crippen LogP contribution in [0, 0.1) is 20.8 Å². The summed E-state index contributed by atoms with van der Waals surface area (Å²) >= 11 is 0. The summed E-state index contributed by atoms with van der Waals surface area (Å²) in [7, 11) is 1.91. The first-order valence-electron chi connectivity index (χ1n) is 10.4. The predicted molar refractivity (Wildman–Crippen MR) is 119 cm³/mol. The van der Waals surface area contributed by atoms with Crippen molar-refractivity contribution >= 4 is 16.9 Å². The van der Waals surface area contributed by atoms with Crippen LogP contribution in [0.4, 0.5) is 0 Å². The number of hydrogen-bond acceptors (Lipinski definition) is 5. The van der Waals surface area contributed by atoms with Gasteiger partial charge in [0.05, 0.1) is 17.4 Å². The Bertz CT molecular complexity index is 1220. The first kappa shape index (κ1) is 20.7. The molecule has 0 radical (unpaired) electrons. The first-order chi connectivity index (χ1) is 14.8. The summed E-state index contributed by atoms with van der Waals surface area (Å²) in [6.45, 7) is 8.09. The number of nitrogens with zero attached hydrogens (tertiary/aromatic N) is 6. The largest absolute Gasteiger partial charge is 0.350 e. The number of nitrogens with one attached hydrogen (secondary N) is 1. The van der Waals surface area contributed by atoms with Gasteiger partial charge in [0, 0.05) is 24.5 Å². The van der Waals surface area contributed by atoms with Crippen molar-refractivity contribution in [2.24, 2.45) is 7.05 Å². The lowest BCUT2D eigenvalue weighted by Crippen LogP contribution is -2.27. The molecule has 0 spiro atoms. The summed E-state index contributed by atoms with van der Waals surface area (Å²) in [6.07, 6.45) is 4.22. The van der Waals surface area contributed by atoms with Gasteiger partial charge in [0.25, 0.3) is 0 Å². The molecular weight excluding hydrogens is 390 g/mol. The van der Waals surface area contributed by atoms with Crippen molar-refractivity contribution in [2.45, 2.75) is 46.6 Å². The molecule has 160 valence electrons. The Morgan fingerprint density at radius 3 is 2.55 bits per heavy atom. The Morgan fingerprint density at radius 2 is 1.87 bits per heavy atom. The molecule has 1 aromatic carbocycles. The second kappa shape index (κ2) is 8.29. The van der Waals surface area contributed by atoms with E-state index in [1.165, 1.54) is 6.33 Å². The van der Waals surface area contributed by atoms with E-state index in [-0.39, 0.29) is 11.9 Å². The fourth-order valence-electron chi connectivity index (χ4n) is 4.12. The minimum Gasteiger partial charge on any atom is -0.350 e. The Morgan fingerprint density at radius 1 is 1.13 bits per heavy atom. The van der Waals surface area contributed by atoms with E-state index in [2.05, 4.69) is 27.4 Å². The standard InChI is InChI=1S/C23H27N7O/c1-14-20(16(3)27-23-22(14)17(4)28-29(23)5)10-11-21(31)26-15(2)18-6-8-19(9-7-18)30-13-24-12-25-30/h6-9,12-13,15H,10-11H2,1-5H3,(H,26,31). The van der Waals surface area contributed by atoms with Crippen molar-refractivity contribution < 1.29 is 4.79 Å². The molecule has 4 rings (SSSR count). The average molecular weight is 418 g/mol. The highest BCUT2D eigenvalue weighted by molar-refractivity contribution is 5.84. The summed E-state index contributed by atoms with van der Waals surface area (Å²) in [5.74, 6) is 0.0228. The topological polar surface area (TPSA) is 90.5 Å². The summed E-state index contributed by atoms with van der Waals surface area (Å²) < 4.78 is 3.52. The van der Waals surface area contributed by atoms with Gasteiger partial charge in [0.1, 0.15) is 12.7 Å². The minimum atomic E-state index is -0.0827.